The van der Waals surface area contributed by atoms with E-state index >= 15 is 0 Å². The van der Waals surface area contributed by atoms with Gasteiger partial charge in [0, 0.05) is 17.7 Å². The van der Waals surface area contributed by atoms with Crippen LogP contribution < -0.4 is 0 Å². The number of aldehydes is 1. The van der Waals surface area contributed by atoms with Gasteiger partial charge >= 0.3 is 0 Å². The van der Waals surface area contributed by atoms with E-state index in [1.54, 1.807) is 11.3 Å². The standard InChI is InChI=1S/C17H25NO3S/c1-11(9-19)5-4-6-16-17(21-16)8-15(20)12(2)7-14-10-22-13(3)18-14/h7,9-11,15-17,20H,4-6,8H2,1-3H3/t11-,15-,16+,17-/m0/s1. The maximum absolute atomic E-state index is 10.6. The molecule has 2 heterocycles. The van der Waals surface area contributed by atoms with Gasteiger partial charge in [-0.1, -0.05) is 13.3 Å². The number of carbonyl (C=O) groups is 1. The zero-order chi connectivity index (χ0) is 16.1. The second kappa shape index (κ2) is 7.99. The molecule has 0 radical (unpaired) electrons. The van der Waals surface area contributed by atoms with E-state index in [9.17, 15) is 9.90 Å². The lowest BCUT2D eigenvalue weighted by Gasteiger charge is -2.09. The fourth-order valence-electron chi connectivity index (χ4n) is 2.53. The van der Waals surface area contributed by atoms with E-state index in [1.807, 2.05) is 32.2 Å². The Morgan fingerprint density at radius 2 is 2.32 bits per heavy atom. The van der Waals surface area contributed by atoms with Crippen LogP contribution in [0.25, 0.3) is 6.08 Å². The molecular weight excluding hydrogens is 298 g/mol. The molecule has 0 spiro atoms. The Morgan fingerprint density at radius 1 is 1.55 bits per heavy atom. The minimum Gasteiger partial charge on any atom is -0.389 e. The summed E-state index contributed by atoms with van der Waals surface area (Å²) in [5, 5.41) is 13.3. The molecule has 2 rings (SSSR count). The summed E-state index contributed by atoms with van der Waals surface area (Å²) in [5.74, 6) is 0.134. The highest BCUT2D eigenvalue weighted by Crippen LogP contribution is 2.32. The summed E-state index contributed by atoms with van der Waals surface area (Å²) < 4.78 is 5.62. The Bertz CT molecular complexity index is 526. The van der Waals surface area contributed by atoms with Gasteiger partial charge in [-0.2, -0.15) is 0 Å². The topological polar surface area (TPSA) is 62.7 Å². The smallest absolute Gasteiger partial charge is 0.122 e. The summed E-state index contributed by atoms with van der Waals surface area (Å²) in [6, 6.07) is 0. The van der Waals surface area contributed by atoms with Crippen LogP contribution in [0.1, 0.15) is 50.2 Å². The molecule has 1 aliphatic rings. The van der Waals surface area contributed by atoms with E-state index < -0.39 is 6.10 Å². The lowest BCUT2D eigenvalue weighted by molar-refractivity contribution is -0.110. The van der Waals surface area contributed by atoms with Gasteiger partial charge in [0.15, 0.2) is 0 Å². The first-order valence-electron chi connectivity index (χ1n) is 7.88. The first-order valence-corrected chi connectivity index (χ1v) is 8.76. The van der Waals surface area contributed by atoms with Crippen molar-refractivity contribution >= 4 is 23.7 Å². The van der Waals surface area contributed by atoms with Crippen LogP contribution in [-0.4, -0.2) is 34.7 Å². The van der Waals surface area contributed by atoms with E-state index in [0.29, 0.717) is 6.42 Å². The van der Waals surface area contributed by atoms with Crippen molar-refractivity contribution in [3.05, 3.63) is 21.7 Å². The number of carbonyl (C=O) groups excluding carboxylic acids is 1. The van der Waals surface area contributed by atoms with Crippen molar-refractivity contribution in [1.82, 2.24) is 4.98 Å². The highest BCUT2D eigenvalue weighted by molar-refractivity contribution is 7.09. The average Bonchev–Trinajstić information content (AvgIpc) is 3.08. The Balaban J connectivity index is 1.71. The van der Waals surface area contributed by atoms with Crippen molar-refractivity contribution in [3.8, 4) is 0 Å². The monoisotopic (exact) mass is 323 g/mol. The molecule has 0 bridgehead atoms. The molecule has 0 amide bonds. The molecule has 5 heteroatoms. The van der Waals surface area contributed by atoms with E-state index in [4.69, 9.17) is 4.74 Å². The normalized spacial score (nSPS) is 24.1. The predicted octanol–water partition coefficient (Wildman–Crippen LogP) is 3.38. The number of aromatic nitrogens is 1. The zero-order valence-electron chi connectivity index (χ0n) is 13.5. The Hall–Kier alpha value is -1.04. The van der Waals surface area contributed by atoms with Crippen LogP contribution in [-0.2, 0) is 9.53 Å². The van der Waals surface area contributed by atoms with Crippen LogP contribution in [0.2, 0.25) is 0 Å². The summed E-state index contributed by atoms with van der Waals surface area (Å²) in [7, 11) is 0. The highest BCUT2D eigenvalue weighted by atomic mass is 32.1. The molecule has 4 atom stereocenters. The summed E-state index contributed by atoms with van der Waals surface area (Å²) in [4.78, 5) is 14.9. The van der Waals surface area contributed by atoms with Gasteiger partial charge in [0.05, 0.1) is 29.0 Å². The zero-order valence-corrected chi connectivity index (χ0v) is 14.3. The van der Waals surface area contributed by atoms with Gasteiger partial charge < -0.3 is 14.6 Å². The van der Waals surface area contributed by atoms with E-state index in [-0.39, 0.29) is 18.1 Å². The molecule has 0 aromatic carbocycles. The van der Waals surface area contributed by atoms with Gasteiger partial charge in [-0.05, 0) is 38.3 Å². The van der Waals surface area contributed by atoms with Crippen molar-refractivity contribution in [1.29, 1.82) is 0 Å². The van der Waals surface area contributed by atoms with Crippen LogP contribution in [0, 0.1) is 12.8 Å². The van der Waals surface area contributed by atoms with Crippen LogP contribution in [0.5, 0.6) is 0 Å². The number of rotatable bonds is 9. The summed E-state index contributed by atoms with van der Waals surface area (Å²) in [5.41, 5.74) is 1.84. The summed E-state index contributed by atoms with van der Waals surface area (Å²) in [6.07, 6.45) is 6.41. The fourth-order valence-corrected chi connectivity index (χ4v) is 3.10. The second-order valence-corrected chi connectivity index (χ2v) is 7.25. The van der Waals surface area contributed by atoms with Gasteiger partial charge in [-0.25, -0.2) is 4.98 Å². The number of ether oxygens (including phenoxy) is 1. The number of aryl methyl sites for hydroxylation is 1. The third-order valence-corrected chi connectivity index (χ3v) is 4.85. The van der Waals surface area contributed by atoms with Crippen molar-refractivity contribution in [2.45, 2.75) is 64.8 Å². The number of hydrogen-bond acceptors (Lipinski definition) is 5. The minimum absolute atomic E-state index is 0.134. The van der Waals surface area contributed by atoms with Crippen molar-refractivity contribution in [2.75, 3.05) is 0 Å². The van der Waals surface area contributed by atoms with Gasteiger partial charge in [-0.15, -0.1) is 11.3 Å². The minimum atomic E-state index is -0.481. The average molecular weight is 323 g/mol. The van der Waals surface area contributed by atoms with Gasteiger partial charge in [-0.3, -0.25) is 0 Å². The third-order valence-electron chi connectivity index (χ3n) is 4.06. The predicted molar refractivity (Wildman–Crippen MR) is 88.9 cm³/mol. The molecule has 1 aromatic heterocycles. The largest absolute Gasteiger partial charge is 0.389 e. The first kappa shape index (κ1) is 17.3. The maximum atomic E-state index is 10.6. The number of hydrogen-bond donors (Lipinski definition) is 1. The first-order chi connectivity index (χ1) is 10.5. The Morgan fingerprint density at radius 3 is 2.95 bits per heavy atom. The Kier molecular flexibility index (Phi) is 6.29. The fraction of sp³-hybridized carbons (Fsp3) is 0.647. The van der Waals surface area contributed by atoms with Gasteiger partial charge in [0.25, 0.3) is 0 Å². The number of epoxide rings is 1. The van der Waals surface area contributed by atoms with Gasteiger partial charge in [0.1, 0.15) is 6.29 Å². The molecule has 4 nitrogen and oxygen atoms in total. The van der Waals surface area contributed by atoms with Gasteiger partial charge in [0.2, 0.25) is 0 Å². The molecule has 1 saturated heterocycles. The molecule has 122 valence electrons. The molecule has 1 N–H and O–H groups in total. The van der Waals surface area contributed by atoms with Crippen molar-refractivity contribution < 1.29 is 14.6 Å². The molecule has 1 aromatic rings. The summed E-state index contributed by atoms with van der Waals surface area (Å²) >= 11 is 1.61. The number of nitrogens with zero attached hydrogens (tertiary/aromatic N) is 1. The third kappa shape index (κ3) is 5.30. The molecule has 0 aliphatic carbocycles. The molecule has 1 fully saturated rings. The molecule has 0 unspecified atom stereocenters. The van der Waals surface area contributed by atoms with Crippen molar-refractivity contribution in [3.63, 3.8) is 0 Å². The SMILES string of the molecule is CC(=Cc1csc(C)n1)[C@@H](O)C[C@@H]1O[C@@H]1CCC[C@H](C)C=O. The van der Waals surface area contributed by atoms with Crippen LogP contribution in [0.4, 0.5) is 0 Å². The number of aliphatic hydroxyl groups is 1. The number of aliphatic hydroxyl groups excluding tert-OH is 1. The van der Waals surface area contributed by atoms with Crippen LogP contribution in [0.15, 0.2) is 11.0 Å². The molecule has 22 heavy (non-hydrogen) atoms. The van der Waals surface area contributed by atoms with Crippen LogP contribution >= 0.6 is 11.3 Å². The maximum Gasteiger partial charge on any atom is 0.122 e. The van der Waals surface area contributed by atoms with E-state index in [0.717, 1.165) is 41.8 Å². The second-order valence-electron chi connectivity index (χ2n) is 6.19. The lowest BCUT2D eigenvalue weighted by Crippen LogP contribution is -2.12. The van der Waals surface area contributed by atoms with E-state index in [2.05, 4.69) is 4.98 Å². The number of thiazole rings is 1. The Labute approximate surface area is 136 Å². The molecular formula is C17H25NO3S. The molecule has 1 aliphatic heterocycles. The quantitative estimate of drug-likeness (QED) is 0.559. The molecule has 0 saturated carbocycles. The van der Waals surface area contributed by atoms with E-state index in [1.165, 1.54) is 0 Å². The highest BCUT2D eigenvalue weighted by Gasteiger charge is 2.39. The van der Waals surface area contributed by atoms with Crippen molar-refractivity contribution in [2.24, 2.45) is 5.92 Å². The van der Waals surface area contributed by atoms with Crippen LogP contribution in [0.3, 0.4) is 0 Å². The lowest BCUT2D eigenvalue weighted by atomic mass is 10.0. The summed E-state index contributed by atoms with van der Waals surface area (Å²) in [6.45, 7) is 5.85.